The number of carbonyl (C=O) groups excluding carboxylic acids is 1. The molecular weight excluding hydrogens is 430 g/mol. The highest BCUT2D eigenvalue weighted by molar-refractivity contribution is 8.02. The van der Waals surface area contributed by atoms with E-state index < -0.39 is 9.84 Å². The first-order chi connectivity index (χ1) is 15.0. The number of sulfone groups is 1. The van der Waals surface area contributed by atoms with Crippen molar-refractivity contribution in [3.8, 4) is 0 Å². The maximum absolute atomic E-state index is 12.8. The van der Waals surface area contributed by atoms with E-state index >= 15 is 0 Å². The van der Waals surface area contributed by atoms with Gasteiger partial charge in [0.15, 0.2) is 9.84 Å². The summed E-state index contributed by atoms with van der Waals surface area (Å²) in [5.41, 5.74) is 2.63. The van der Waals surface area contributed by atoms with Crippen LogP contribution in [0.2, 0.25) is 0 Å². The van der Waals surface area contributed by atoms with E-state index in [1.54, 1.807) is 36.4 Å². The molecule has 158 valence electrons. The molecule has 1 heterocycles. The van der Waals surface area contributed by atoms with Crippen molar-refractivity contribution in [3.05, 3.63) is 84.4 Å². The third-order valence-electron chi connectivity index (χ3n) is 4.78. The van der Waals surface area contributed by atoms with Crippen molar-refractivity contribution in [2.45, 2.75) is 16.6 Å². The second-order valence-electron chi connectivity index (χ2n) is 7.18. The van der Waals surface area contributed by atoms with Crippen LogP contribution >= 0.6 is 11.8 Å². The second-order valence-corrected chi connectivity index (χ2v) is 10.7. The molecule has 0 bridgehead atoms. The summed E-state index contributed by atoms with van der Waals surface area (Å²) in [6.45, 7) is 0. The minimum Gasteiger partial charge on any atom is -0.322 e. The molecule has 31 heavy (non-hydrogen) atoms. The van der Waals surface area contributed by atoms with Crippen molar-refractivity contribution in [1.29, 1.82) is 0 Å². The van der Waals surface area contributed by atoms with Crippen molar-refractivity contribution in [2.75, 3.05) is 16.8 Å². The van der Waals surface area contributed by atoms with Gasteiger partial charge in [0.2, 0.25) is 0 Å². The molecule has 1 N–H and O–H groups in total. The molecular formula is C23H21N3O3S2. The highest BCUT2D eigenvalue weighted by Crippen LogP contribution is 2.33. The SMILES string of the molecule is O=C(Nc1ccc(N=Nc2ccccc2)cc1)c1ccccc1SC1CCS(=O)(=O)C1. The molecule has 0 radical (unpaired) electrons. The summed E-state index contributed by atoms with van der Waals surface area (Å²) in [6.07, 6.45) is 0.613. The molecule has 0 saturated carbocycles. The summed E-state index contributed by atoms with van der Waals surface area (Å²) in [5.74, 6) is 0.141. The number of amides is 1. The number of anilines is 1. The topological polar surface area (TPSA) is 88.0 Å². The van der Waals surface area contributed by atoms with E-state index in [1.165, 1.54) is 11.8 Å². The normalized spacial score (nSPS) is 17.6. The highest BCUT2D eigenvalue weighted by Gasteiger charge is 2.29. The molecule has 8 heteroatoms. The van der Waals surface area contributed by atoms with Crippen LogP contribution in [-0.2, 0) is 9.84 Å². The Morgan fingerprint density at radius 3 is 2.19 bits per heavy atom. The third-order valence-corrected chi connectivity index (χ3v) is 8.10. The largest absolute Gasteiger partial charge is 0.322 e. The summed E-state index contributed by atoms with van der Waals surface area (Å²) in [5, 5.41) is 11.3. The minimum atomic E-state index is -2.96. The summed E-state index contributed by atoms with van der Waals surface area (Å²) in [6, 6.07) is 23.8. The Morgan fingerprint density at radius 2 is 1.52 bits per heavy atom. The molecule has 0 aromatic heterocycles. The Kier molecular flexibility index (Phi) is 6.48. The molecule has 1 aliphatic rings. The van der Waals surface area contributed by atoms with Crippen LogP contribution in [0.5, 0.6) is 0 Å². The lowest BCUT2D eigenvalue weighted by molar-refractivity contribution is 0.102. The molecule has 0 spiro atoms. The van der Waals surface area contributed by atoms with Gasteiger partial charge in [-0.1, -0.05) is 30.3 Å². The van der Waals surface area contributed by atoms with Crippen LogP contribution in [0.1, 0.15) is 16.8 Å². The van der Waals surface area contributed by atoms with Gasteiger partial charge in [0, 0.05) is 15.8 Å². The Bertz CT molecular complexity index is 1190. The number of benzene rings is 3. The van der Waals surface area contributed by atoms with E-state index in [2.05, 4.69) is 15.5 Å². The molecule has 3 aromatic carbocycles. The molecule has 1 amide bonds. The summed E-state index contributed by atoms with van der Waals surface area (Å²) in [7, 11) is -2.96. The first-order valence-corrected chi connectivity index (χ1v) is 12.5. The maximum Gasteiger partial charge on any atom is 0.256 e. The van der Waals surface area contributed by atoms with Gasteiger partial charge in [0.1, 0.15) is 0 Å². The Hall–Kier alpha value is -2.97. The van der Waals surface area contributed by atoms with Crippen molar-refractivity contribution in [2.24, 2.45) is 10.2 Å². The van der Waals surface area contributed by atoms with Crippen molar-refractivity contribution >= 4 is 44.6 Å². The van der Waals surface area contributed by atoms with Gasteiger partial charge in [-0.05, 0) is 55.0 Å². The monoisotopic (exact) mass is 451 g/mol. The molecule has 1 atom stereocenters. The Morgan fingerprint density at radius 1 is 0.871 bits per heavy atom. The fourth-order valence-corrected chi connectivity index (χ4v) is 6.84. The molecule has 0 aliphatic carbocycles. The number of carbonyl (C=O) groups is 1. The standard InChI is InChI=1S/C23H21N3O3S2/c27-23(21-8-4-5-9-22(21)30-20-14-15-31(28,29)16-20)24-17-10-12-19(13-11-17)26-25-18-6-2-1-3-7-18/h1-13,20H,14-16H2,(H,24,27). The number of nitrogens with one attached hydrogen (secondary N) is 1. The van der Waals surface area contributed by atoms with Gasteiger partial charge in [-0.15, -0.1) is 11.8 Å². The van der Waals surface area contributed by atoms with Gasteiger partial charge in [0.25, 0.3) is 5.91 Å². The van der Waals surface area contributed by atoms with Crippen molar-refractivity contribution < 1.29 is 13.2 Å². The van der Waals surface area contributed by atoms with Crippen LogP contribution in [0.3, 0.4) is 0 Å². The quantitative estimate of drug-likeness (QED) is 0.492. The summed E-state index contributed by atoms with van der Waals surface area (Å²) < 4.78 is 23.5. The van der Waals surface area contributed by atoms with E-state index in [0.29, 0.717) is 23.4 Å². The smallest absolute Gasteiger partial charge is 0.256 e. The highest BCUT2D eigenvalue weighted by atomic mass is 32.2. The van der Waals surface area contributed by atoms with Gasteiger partial charge in [-0.3, -0.25) is 4.79 Å². The Labute approximate surface area is 185 Å². The van der Waals surface area contributed by atoms with Crippen LogP contribution in [0.4, 0.5) is 17.1 Å². The van der Waals surface area contributed by atoms with Crippen molar-refractivity contribution in [3.63, 3.8) is 0 Å². The molecule has 6 nitrogen and oxygen atoms in total. The zero-order chi connectivity index (χ0) is 21.7. The number of rotatable bonds is 6. The first kappa shape index (κ1) is 21.3. The zero-order valence-electron chi connectivity index (χ0n) is 16.6. The number of hydrogen-bond acceptors (Lipinski definition) is 6. The fraction of sp³-hybridized carbons (Fsp3) is 0.174. The van der Waals surface area contributed by atoms with Gasteiger partial charge in [0.05, 0.1) is 28.4 Å². The first-order valence-electron chi connectivity index (χ1n) is 9.83. The summed E-state index contributed by atoms with van der Waals surface area (Å²) >= 11 is 1.46. The third kappa shape index (κ3) is 5.80. The predicted octanol–water partition coefficient (Wildman–Crippen LogP) is 5.63. The van der Waals surface area contributed by atoms with Gasteiger partial charge >= 0.3 is 0 Å². The lowest BCUT2D eigenvalue weighted by atomic mass is 10.2. The predicted molar refractivity (Wildman–Crippen MR) is 124 cm³/mol. The summed E-state index contributed by atoms with van der Waals surface area (Å²) in [4.78, 5) is 13.6. The van der Waals surface area contributed by atoms with Crippen LogP contribution in [0, 0.1) is 0 Å². The van der Waals surface area contributed by atoms with Crippen molar-refractivity contribution in [1.82, 2.24) is 0 Å². The molecule has 1 unspecified atom stereocenters. The molecule has 3 aromatic rings. The van der Waals surface area contributed by atoms with Crippen LogP contribution in [-0.4, -0.2) is 31.1 Å². The maximum atomic E-state index is 12.8. The number of thioether (sulfide) groups is 1. The van der Waals surface area contributed by atoms with Gasteiger partial charge < -0.3 is 5.32 Å². The van der Waals surface area contributed by atoms with Gasteiger partial charge in [-0.2, -0.15) is 10.2 Å². The average Bonchev–Trinajstić information content (AvgIpc) is 3.12. The van der Waals surface area contributed by atoms with E-state index in [-0.39, 0.29) is 22.7 Å². The van der Waals surface area contributed by atoms with E-state index in [9.17, 15) is 13.2 Å². The number of hydrogen-bond donors (Lipinski definition) is 1. The molecule has 1 aliphatic heterocycles. The van der Waals surface area contributed by atoms with Crippen LogP contribution in [0.25, 0.3) is 0 Å². The van der Waals surface area contributed by atoms with Crippen LogP contribution < -0.4 is 5.32 Å². The fourth-order valence-electron chi connectivity index (χ4n) is 3.21. The van der Waals surface area contributed by atoms with E-state index in [1.807, 2.05) is 42.5 Å². The molecule has 1 fully saturated rings. The molecule has 4 rings (SSSR count). The van der Waals surface area contributed by atoms with Gasteiger partial charge in [-0.25, -0.2) is 8.42 Å². The van der Waals surface area contributed by atoms with Crippen LogP contribution in [0.15, 0.2) is 94.0 Å². The average molecular weight is 452 g/mol. The number of azo groups is 1. The molecule has 1 saturated heterocycles. The number of nitrogens with zero attached hydrogens (tertiary/aromatic N) is 2. The lowest BCUT2D eigenvalue weighted by Gasteiger charge is -2.12. The Balaban J connectivity index is 1.42. The van der Waals surface area contributed by atoms with E-state index in [0.717, 1.165) is 10.6 Å². The lowest BCUT2D eigenvalue weighted by Crippen LogP contribution is -2.14. The second kappa shape index (κ2) is 9.45. The zero-order valence-corrected chi connectivity index (χ0v) is 18.3. The van der Waals surface area contributed by atoms with E-state index in [4.69, 9.17) is 0 Å². The minimum absolute atomic E-state index is 0.0202.